The molecule has 3 aromatic rings. The topological polar surface area (TPSA) is 85.5 Å². The van der Waals surface area contributed by atoms with E-state index in [1.54, 1.807) is 13.8 Å². The number of carbonyl (C=O) groups excluding carboxylic acids is 2. The highest BCUT2D eigenvalue weighted by Gasteiger charge is 2.26. The van der Waals surface area contributed by atoms with Gasteiger partial charge in [-0.05, 0) is 31.5 Å². The predicted octanol–water partition coefficient (Wildman–Crippen LogP) is 4.30. The third-order valence-corrected chi connectivity index (χ3v) is 5.73. The minimum atomic E-state index is -0.448. The van der Waals surface area contributed by atoms with Gasteiger partial charge in [0.25, 0.3) is 0 Å². The molecule has 146 valence electrons. The molecule has 0 fully saturated rings. The minimum Gasteiger partial charge on any atom is -0.462 e. The van der Waals surface area contributed by atoms with E-state index in [9.17, 15) is 9.59 Å². The molecule has 2 heterocycles. The molecule has 0 aliphatic rings. The Kier molecular flexibility index (Phi) is 5.38. The molecular weight excluding hydrogens is 374 g/mol. The molecule has 7 heteroatoms. The number of carbonyl (C=O) groups is 2. The highest BCUT2D eigenvalue weighted by Crippen LogP contribution is 2.42. The van der Waals surface area contributed by atoms with Gasteiger partial charge in [0.2, 0.25) is 0 Å². The van der Waals surface area contributed by atoms with Gasteiger partial charge in [-0.2, -0.15) is 0 Å². The number of hydrogen-bond donors (Lipinski definition) is 1. The molecule has 0 atom stereocenters. The monoisotopic (exact) mass is 397 g/mol. The third kappa shape index (κ3) is 3.33. The van der Waals surface area contributed by atoms with Crippen molar-refractivity contribution in [3.05, 3.63) is 40.4 Å². The average molecular weight is 398 g/mol. The number of fused-ring (bicyclic) bond motifs is 1. The van der Waals surface area contributed by atoms with Gasteiger partial charge in [-0.3, -0.25) is 4.79 Å². The number of rotatable bonds is 5. The number of hydrogen-bond acceptors (Lipinski definition) is 7. The number of nitrogens with two attached hydrogens (primary N) is 1. The molecule has 0 bridgehead atoms. The van der Waals surface area contributed by atoms with Crippen molar-refractivity contribution in [3.63, 3.8) is 0 Å². The number of thiophene rings is 1. The van der Waals surface area contributed by atoms with Gasteiger partial charge >= 0.3 is 5.97 Å². The van der Waals surface area contributed by atoms with Gasteiger partial charge in [-0.25, -0.2) is 9.78 Å². The zero-order valence-electron chi connectivity index (χ0n) is 16.6. The average Bonchev–Trinajstić information content (AvgIpc) is 2.97. The maximum absolute atomic E-state index is 12.8. The van der Waals surface area contributed by atoms with Crippen LogP contribution in [0, 0.1) is 6.92 Å². The van der Waals surface area contributed by atoms with Crippen molar-refractivity contribution in [2.24, 2.45) is 0 Å². The highest BCUT2D eigenvalue weighted by atomic mass is 32.1. The van der Waals surface area contributed by atoms with Crippen molar-refractivity contribution < 1.29 is 14.3 Å². The number of nitrogen functional groups attached to an aromatic ring is 1. The van der Waals surface area contributed by atoms with Crippen LogP contribution in [0.15, 0.2) is 24.3 Å². The minimum absolute atomic E-state index is 0.121. The van der Waals surface area contributed by atoms with E-state index in [1.807, 2.05) is 43.3 Å². The molecule has 28 heavy (non-hydrogen) atoms. The number of Topliss-reactive ketones (excluding diaryl/α,β-unsaturated/α-hetero) is 1. The first-order valence-electron chi connectivity index (χ1n) is 8.94. The SMILES string of the molecule is CCOC(=O)c1c(C)nc2sc(C(C)=O)c(N)c2c1-c1ccc(N(C)C)cc1. The lowest BCUT2D eigenvalue weighted by Crippen LogP contribution is -2.11. The fourth-order valence-corrected chi connectivity index (χ4v) is 4.24. The summed E-state index contributed by atoms with van der Waals surface area (Å²) >= 11 is 1.25. The number of ether oxygens (including phenoxy) is 1. The van der Waals surface area contributed by atoms with E-state index in [-0.39, 0.29) is 12.4 Å². The Labute approximate surface area is 167 Å². The van der Waals surface area contributed by atoms with Gasteiger partial charge in [0.1, 0.15) is 4.83 Å². The van der Waals surface area contributed by atoms with Gasteiger partial charge in [-0.1, -0.05) is 12.1 Å². The number of esters is 1. The Morgan fingerprint density at radius 2 is 1.86 bits per heavy atom. The summed E-state index contributed by atoms with van der Waals surface area (Å²) < 4.78 is 5.28. The summed E-state index contributed by atoms with van der Waals surface area (Å²) in [6.45, 7) is 5.27. The van der Waals surface area contributed by atoms with Crippen LogP contribution < -0.4 is 10.6 Å². The summed E-state index contributed by atoms with van der Waals surface area (Å²) in [4.78, 5) is 32.4. The number of pyridine rings is 1. The lowest BCUT2D eigenvalue weighted by molar-refractivity contribution is 0.0526. The smallest absolute Gasteiger partial charge is 0.340 e. The van der Waals surface area contributed by atoms with Crippen LogP contribution in [0.2, 0.25) is 0 Å². The predicted molar refractivity (Wildman–Crippen MR) is 114 cm³/mol. The van der Waals surface area contributed by atoms with Gasteiger partial charge in [-0.15, -0.1) is 11.3 Å². The van der Waals surface area contributed by atoms with E-state index in [0.29, 0.717) is 37.6 Å². The highest BCUT2D eigenvalue weighted by molar-refractivity contribution is 7.21. The van der Waals surface area contributed by atoms with E-state index in [4.69, 9.17) is 10.5 Å². The third-order valence-electron chi connectivity index (χ3n) is 4.53. The molecule has 3 rings (SSSR count). The molecule has 0 amide bonds. The standard InChI is InChI=1S/C21H23N3O3S/c1-6-27-21(26)15-11(2)23-20-17(18(22)19(28-20)12(3)25)16(15)13-7-9-14(10-8-13)24(4)5/h7-10H,6,22H2,1-5H3. The fraction of sp³-hybridized carbons (Fsp3) is 0.286. The molecule has 0 saturated heterocycles. The number of aromatic nitrogens is 1. The van der Waals surface area contributed by atoms with Crippen LogP contribution in [0.1, 0.15) is 39.6 Å². The van der Waals surface area contributed by atoms with Crippen LogP contribution in [0.3, 0.4) is 0 Å². The summed E-state index contributed by atoms with van der Waals surface area (Å²) in [6.07, 6.45) is 0. The Morgan fingerprint density at radius 1 is 1.21 bits per heavy atom. The number of ketones is 1. The molecule has 1 aromatic carbocycles. The first-order valence-corrected chi connectivity index (χ1v) is 9.76. The van der Waals surface area contributed by atoms with Crippen LogP contribution in [-0.2, 0) is 4.74 Å². The number of aryl methyl sites for hydroxylation is 1. The lowest BCUT2D eigenvalue weighted by Gasteiger charge is -2.16. The number of benzene rings is 1. The fourth-order valence-electron chi connectivity index (χ4n) is 3.20. The Balaban J connectivity index is 2.39. The van der Waals surface area contributed by atoms with Crippen LogP contribution in [0.5, 0.6) is 0 Å². The second-order valence-electron chi connectivity index (χ2n) is 6.69. The molecule has 0 spiro atoms. The Morgan fingerprint density at radius 3 is 2.39 bits per heavy atom. The Hall–Kier alpha value is -2.93. The normalized spacial score (nSPS) is 10.9. The van der Waals surface area contributed by atoms with Crippen molar-refractivity contribution >= 4 is 44.7 Å². The van der Waals surface area contributed by atoms with E-state index >= 15 is 0 Å². The summed E-state index contributed by atoms with van der Waals surface area (Å²) in [5, 5.41) is 0.626. The molecule has 0 aliphatic heterocycles. The van der Waals surface area contributed by atoms with Crippen molar-refractivity contribution in [3.8, 4) is 11.1 Å². The van der Waals surface area contributed by atoms with Crippen molar-refractivity contribution in [2.75, 3.05) is 31.3 Å². The first-order chi connectivity index (χ1) is 13.3. The van der Waals surface area contributed by atoms with Gasteiger partial charge in [0.05, 0.1) is 28.4 Å². The summed E-state index contributed by atoms with van der Waals surface area (Å²) in [5.74, 6) is -0.569. The van der Waals surface area contributed by atoms with E-state index in [0.717, 1.165) is 11.3 Å². The van der Waals surface area contributed by atoms with E-state index < -0.39 is 5.97 Å². The van der Waals surface area contributed by atoms with Gasteiger partial charge in [0.15, 0.2) is 5.78 Å². The largest absolute Gasteiger partial charge is 0.462 e. The van der Waals surface area contributed by atoms with Crippen LogP contribution in [0.25, 0.3) is 21.3 Å². The van der Waals surface area contributed by atoms with Crippen LogP contribution in [-0.4, -0.2) is 37.4 Å². The summed E-state index contributed by atoms with van der Waals surface area (Å²) in [7, 11) is 3.92. The zero-order valence-corrected chi connectivity index (χ0v) is 17.4. The Bertz CT molecular complexity index is 1070. The van der Waals surface area contributed by atoms with Crippen molar-refractivity contribution in [2.45, 2.75) is 20.8 Å². The molecular formula is C21H23N3O3S. The maximum Gasteiger partial charge on any atom is 0.340 e. The molecule has 0 saturated carbocycles. The van der Waals surface area contributed by atoms with Crippen LogP contribution in [0.4, 0.5) is 11.4 Å². The lowest BCUT2D eigenvalue weighted by atomic mass is 9.95. The molecule has 6 nitrogen and oxygen atoms in total. The molecule has 0 radical (unpaired) electrons. The van der Waals surface area contributed by atoms with Crippen molar-refractivity contribution in [1.29, 1.82) is 0 Å². The van der Waals surface area contributed by atoms with Gasteiger partial charge in [0, 0.05) is 37.7 Å². The first kappa shape index (κ1) is 19.8. The summed E-state index contributed by atoms with van der Waals surface area (Å²) in [5.41, 5.74) is 10.1. The molecule has 0 aliphatic carbocycles. The maximum atomic E-state index is 12.8. The van der Waals surface area contributed by atoms with Gasteiger partial charge < -0.3 is 15.4 Å². The van der Waals surface area contributed by atoms with Crippen LogP contribution >= 0.6 is 11.3 Å². The molecule has 2 N–H and O–H groups in total. The second-order valence-corrected chi connectivity index (χ2v) is 7.69. The summed E-state index contributed by atoms with van der Waals surface area (Å²) in [6, 6.07) is 7.83. The zero-order chi connectivity index (χ0) is 20.6. The second kappa shape index (κ2) is 7.59. The quantitative estimate of drug-likeness (QED) is 0.510. The van der Waals surface area contributed by atoms with E-state index in [2.05, 4.69) is 4.98 Å². The number of anilines is 2. The number of nitrogens with zero attached hydrogens (tertiary/aromatic N) is 2. The molecule has 2 aromatic heterocycles. The molecule has 0 unspecified atom stereocenters. The van der Waals surface area contributed by atoms with Crippen molar-refractivity contribution in [1.82, 2.24) is 4.98 Å². The van der Waals surface area contributed by atoms with E-state index in [1.165, 1.54) is 18.3 Å².